The van der Waals surface area contributed by atoms with Crippen molar-refractivity contribution in [3.05, 3.63) is 70.4 Å². The number of aliphatic hydroxyl groups is 1. The molecule has 1 saturated heterocycles. The number of nitrogen functional groups attached to an aromatic ring is 1. The van der Waals surface area contributed by atoms with E-state index in [1.165, 1.54) is 0 Å². The lowest BCUT2D eigenvalue weighted by Crippen LogP contribution is -2.47. The quantitative estimate of drug-likeness (QED) is 0.447. The van der Waals surface area contributed by atoms with Gasteiger partial charge >= 0.3 is 0 Å². The number of anilines is 2. The molecule has 0 saturated carbocycles. The Hall–Kier alpha value is -3.50. The Morgan fingerprint density at radius 3 is 2.62 bits per heavy atom. The van der Waals surface area contributed by atoms with Crippen molar-refractivity contribution in [2.45, 2.75) is 44.8 Å². The second-order valence-corrected chi connectivity index (χ2v) is 10.0. The number of hydrogen-bond acceptors (Lipinski definition) is 7. The van der Waals surface area contributed by atoms with Crippen molar-refractivity contribution in [3.8, 4) is 11.3 Å². The highest BCUT2D eigenvalue weighted by Crippen LogP contribution is 2.40. The van der Waals surface area contributed by atoms with Crippen molar-refractivity contribution in [2.75, 3.05) is 23.7 Å². The van der Waals surface area contributed by atoms with Gasteiger partial charge in [0.2, 0.25) is 0 Å². The fraction of sp³-hybridized carbons (Fsp3) is 0.370. The highest BCUT2D eigenvalue weighted by Gasteiger charge is 2.32. The van der Waals surface area contributed by atoms with Crippen LogP contribution >= 0.6 is 0 Å². The first-order chi connectivity index (χ1) is 17.6. The number of Topliss-reactive ketones (excluding diaryl/α,β-unsaturated/α-hetero) is 1. The van der Waals surface area contributed by atoms with Crippen molar-refractivity contribution in [1.82, 2.24) is 9.97 Å². The number of halogens is 3. The summed E-state index contributed by atoms with van der Waals surface area (Å²) in [5.74, 6) is -3.27. The van der Waals surface area contributed by atoms with Gasteiger partial charge in [0, 0.05) is 54.6 Å². The van der Waals surface area contributed by atoms with Crippen LogP contribution in [-0.4, -0.2) is 40.0 Å². The van der Waals surface area contributed by atoms with Crippen LogP contribution in [-0.2, 0) is 12.8 Å². The third-order valence-corrected chi connectivity index (χ3v) is 7.07. The number of aliphatic hydroxyl groups excluding tert-OH is 1. The maximum absolute atomic E-state index is 14.7. The molecule has 194 valence electrons. The molecule has 3 atom stereocenters. The second kappa shape index (κ2) is 9.75. The molecule has 5 N–H and O–H groups in total. The minimum atomic E-state index is -1.04. The smallest absolute Gasteiger partial charge is 0.187 e. The summed E-state index contributed by atoms with van der Waals surface area (Å²) in [6.45, 7) is 3.43. The van der Waals surface area contributed by atoms with Gasteiger partial charge in [-0.05, 0) is 37.3 Å². The van der Waals surface area contributed by atoms with E-state index in [9.17, 15) is 23.1 Å². The number of nitrogens with zero attached hydrogens (tertiary/aromatic N) is 3. The number of ketones is 1. The van der Waals surface area contributed by atoms with E-state index in [2.05, 4.69) is 21.8 Å². The van der Waals surface area contributed by atoms with Crippen LogP contribution in [0.4, 0.5) is 24.5 Å². The molecule has 1 aliphatic heterocycles. The lowest BCUT2D eigenvalue weighted by Gasteiger charge is -2.38. The summed E-state index contributed by atoms with van der Waals surface area (Å²) in [4.78, 5) is 24.0. The molecular formula is C27H28F3N5O2. The summed E-state index contributed by atoms with van der Waals surface area (Å²) in [5, 5.41) is 10.4. The zero-order valence-electron chi connectivity index (χ0n) is 20.3. The van der Waals surface area contributed by atoms with E-state index in [-0.39, 0.29) is 23.8 Å². The van der Waals surface area contributed by atoms with Crippen LogP contribution in [0.15, 0.2) is 30.5 Å². The fourth-order valence-corrected chi connectivity index (χ4v) is 5.54. The minimum absolute atomic E-state index is 0.0462. The molecule has 0 spiro atoms. The molecule has 37 heavy (non-hydrogen) atoms. The Morgan fingerprint density at radius 1 is 1.19 bits per heavy atom. The van der Waals surface area contributed by atoms with Gasteiger partial charge in [0.25, 0.3) is 0 Å². The van der Waals surface area contributed by atoms with Gasteiger partial charge in [-0.3, -0.25) is 9.78 Å². The summed E-state index contributed by atoms with van der Waals surface area (Å²) in [6, 6.07) is 3.93. The summed E-state index contributed by atoms with van der Waals surface area (Å²) >= 11 is 0. The minimum Gasteiger partial charge on any atom is -0.397 e. The van der Waals surface area contributed by atoms with Gasteiger partial charge < -0.3 is 21.5 Å². The average Bonchev–Trinajstić information content (AvgIpc) is 3.20. The Balaban J connectivity index is 1.55. The summed E-state index contributed by atoms with van der Waals surface area (Å²) in [5.41, 5.74) is 13.3. The zero-order chi connectivity index (χ0) is 26.4. The van der Waals surface area contributed by atoms with Crippen LogP contribution in [0.5, 0.6) is 0 Å². The molecule has 1 aromatic carbocycles. The SMILES string of the molecule is C[C@@H]1C[C@H](N)CN(c2c(CC(=O)c3nc(-c4c(F)cccc4F)c(F)cc3N)cnc3c2CCC3O)C1. The molecule has 3 aromatic rings. The largest absolute Gasteiger partial charge is 0.397 e. The fourth-order valence-electron chi connectivity index (χ4n) is 5.54. The number of piperidine rings is 1. The number of pyridine rings is 2. The zero-order valence-corrected chi connectivity index (χ0v) is 20.3. The Kier molecular flexibility index (Phi) is 6.63. The van der Waals surface area contributed by atoms with Gasteiger partial charge in [-0.15, -0.1) is 0 Å². The molecule has 2 aliphatic rings. The number of rotatable bonds is 5. The van der Waals surface area contributed by atoms with Crippen LogP contribution in [0.25, 0.3) is 11.3 Å². The lowest BCUT2D eigenvalue weighted by atomic mass is 9.93. The number of benzene rings is 1. The molecule has 7 nitrogen and oxygen atoms in total. The van der Waals surface area contributed by atoms with Crippen LogP contribution in [0.1, 0.15) is 53.2 Å². The highest BCUT2D eigenvalue weighted by atomic mass is 19.1. The molecule has 10 heteroatoms. The summed E-state index contributed by atoms with van der Waals surface area (Å²) < 4.78 is 43.4. The van der Waals surface area contributed by atoms with Crippen LogP contribution in [0, 0.1) is 23.4 Å². The molecule has 1 fully saturated rings. The predicted octanol–water partition coefficient (Wildman–Crippen LogP) is 3.72. The molecular weight excluding hydrogens is 483 g/mol. The van der Waals surface area contributed by atoms with E-state index in [0.29, 0.717) is 36.6 Å². The Morgan fingerprint density at radius 2 is 1.92 bits per heavy atom. The van der Waals surface area contributed by atoms with Gasteiger partial charge in [0.15, 0.2) is 11.6 Å². The van der Waals surface area contributed by atoms with Gasteiger partial charge in [0.05, 0.1) is 23.0 Å². The van der Waals surface area contributed by atoms with Crippen molar-refractivity contribution in [1.29, 1.82) is 0 Å². The number of carbonyl (C=O) groups is 1. The van der Waals surface area contributed by atoms with Gasteiger partial charge in [-0.2, -0.15) is 0 Å². The first-order valence-corrected chi connectivity index (χ1v) is 12.3. The summed E-state index contributed by atoms with van der Waals surface area (Å²) in [7, 11) is 0. The van der Waals surface area contributed by atoms with E-state index < -0.39 is 40.6 Å². The second-order valence-electron chi connectivity index (χ2n) is 10.0. The van der Waals surface area contributed by atoms with E-state index in [1.54, 1.807) is 6.20 Å². The maximum atomic E-state index is 14.7. The van der Waals surface area contributed by atoms with Crippen LogP contribution < -0.4 is 16.4 Å². The van der Waals surface area contributed by atoms with Crippen LogP contribution in [0.3, 0.4) is 0 Å². The number of fused-ring (bicyclic) bond motifs is 1. The molecule has 0 bridgehead atoms. The van der Waals surface area contributed by atoms with E-state index >= 15 is 0 Å². The van der Waals surface area contributed by atoms with Crippen molar-refractivity contribution >= 4 is 17.2 Å². The third kappa shape index (κ3) is 4.67. The summed E-state index contributed by atoms with van der Waals surface area (Å²) in [6.07, 6.45) is 2.73. The maximum Gasteiger partial charge on any atom is 0.187 e. The van der Waals surface area contributed by atoms with Gasteiger partial charge in [0.1, 0.15) is 23.0 Å². The molecule has 1 aliphatic carbocycles. The van der Waals surface area contributed by atoms with Crippen molar-refractivity contribution < 1.29 is 23.1 Å². The molecule has 3 heterocycles. The topological polar surface area (TPSA) is 118 Å². The average molecular weight is 512 g/mol. The normalized spacial score (nSPS) is 21.2. The Bertz CT molecular complexity index is 1350. The molecule has 0 radical (unpaired) electrons. The van der Waals surface area contributed by atoms with E-state index in [0.717, 1.165) is 48.5 Å². The predicted molar refractivity (Wildman–Crippen MR) is 133 cm³/mol. The first-order valence-electron chi connectivity index (χ1n) is 12.3. The number of hydrogen-bond donors (Lipinski definition) is 3. The van der Waals surface area contributed by atoms with Crippen molar-refractivity contribution in [3.63, 3.8) is 0 Å². The molecule has 5 rings (SSSR count). The van der Waals surface area contributed by atoms with Gasteiger partial charge in [-0.1, -0.05) is 13.0 Å². The Labute approximate surface area is 212 Å². The third-order valence-electron chi connectivity index (χ3n) is 7.07. The highest BCUT2D eigenvalue weighted by molar-refractivity contribution is 6.01. The van der Waals surface area contributed by atoms with Gasteiger partial charge in [-0.25, -0.2) is 18.2 Å². The van der Waals surface area contributed by atoms with E-state index in [1.807, 2.05) is 0 Å². The number of nitrogens with two attached hydrogens (primary N) is 2. The van der Waals surface area contributed by atoms with Crippen LogP contribution in [0.2, 0.25) is 0 Å². The number of carbonyl (C=O) groups excluding carboxylic acids is 1. The molecule has 2 aromatic heterocycles. The first kappa shape index (κ1) is 25.2. The monoisotopic (exact) mass is 511 g/mol. The lowest BCUT2D eigenvalue weighted by molar-refractivity contribution is 0.0989. The molecule has 1 unspecified atom stereocenters. The number of aromatic nitrogens is 2. The standard InChI is InChI=1S/C27H28F3N5O2/c1-13-7-15(31)12-35(11-13)27-14(10-33-24-16(27)5-6-21(24)36)8-22(37)26-20(32)9-19(30)25(34-26)23-17(28)3-2-4-18(23)29/h2-4,9-10,13,15,21,36H,5-8,11-12,31-32H2,1H3/t13-,15+,21?/m1/s1. The van der Waals surface area contributed by atoms with E-state index in [4.69, 9.17) is 11.5 Å². The molecule has 0 amide bonds. The van der Waals surface area contributed by atoms with Crippen molar-refractivity contribution in [2.24, 2.45) is 11.7 Å².